The molecule has 306 valence electrons. The molecule has 7 heteroatoms. The summed E-state index contributed by atoms with van der Waals surface area (Å²) in [5, 5.41) is 12.7. The van der Waals surface area contributed by atoms with Gasteiger partial charge in [-0.3, -0.25) is 0 Å². The van der Waals surface area contributed by atoms with Crippen LogP contribution >= 0.6 is 0 Å². The van der Waals surface area contributed by atoms with Crippen molar-refractivity contribution in [3.05, 3.63) is 194 Å². The molecule has 0 amide bonds. The Labute approximate surface area is 374 Å². The van der Waals surface area contributed by atoms with Crippen molar-refractivity contribution in [1.82, 2.24) is 19.5 Å². The minimum absolute atomic E-state index is 0.451. The molecule has 5 aromatic heterocycles. The van der Waals surface area contributed by atoms with Gasteiger partial charge in [-0.25, -0.2) is 15.0 Å². The van der Waals surface area contributed by atoms with Gasteiger partial charge in [-0.1, -0.05) is 133 Å². The van der Waals surface area contributed by atoms with Gasteiger partial charge in [0.05, 0.1) is 33.4 Å². The molecule has 15 rings (SSSR count). The number of nitrogens with zero attached hydrogens (tertiary/aromatic N) is 4. The summed E-state index contributed by atoms with van der Waals surface area (Å²) in [6.07, 6.45) is 0. The van der Waals surface area contributed by atoms with Gasteiger partial charge < -0.3 is 17.8 Å². The molecule has 0 unspecified atom stereocenters. The zero-order valence-electron chi connectivity index (χ0n) is 35.0. The van der Waals surface area contributed by atoms with Crippen LogP contribution in [0, 0.1) is 0 Å². The van der Waals surface area contributed by atoms with Crippen molar-refractivity contribution in [3.63, 3.8) is 0 Å². The predicted molar refractivity (Wildman–Crippen MR) is 267 cm³/mol. The van der Waals surface area contributed by atoms with E-state index >= 15 is 0 Å². The normalized spacial score (nSPS) is 12.2. The molecular formula is C59H32N4O3. The Morgan fingerprint density at radius 3 is 1.52 bits per heavy atom. The fourth-order valence-corrected chi connectivity index (χ4v) is 10.4. The fraction of sp³-hybridized carbons (Fsp3) is 0. The molecule has 0 aliphatic carbocycles. The van der Waals surface area contributed by atoms with E-state index in [4.69, 9.17) is 28.2 Å². The Kier molecular flexibility index (Phi) is 7.10. The van der Waals surface area contributed by atoms with Crippen molar-refractivity contribution in [2.75, 3.05) is 0 Å². The highest BCUT2D eigenvalue weighted by molar-refractivity contribution is 6.20. The molecule has 5 heterocycles. The molecule has 66 heavy (non-hydrogen) atoms. The summed E-state index contributed by atoms with van der Waals surface area (Å²) in [7, 11) is 0. The number of furan rings is 3. The summed E-state index contributed by atoms with van der Waals surface area (Å²) in [4.78, 5) is 16.4. The average Bonchev–Trinajstić information content (AvgIpc) is 4.14. The molecule has 7 nitrogen and oxygen atoms in total. The topological polar surface area (TPSA) is 83.0 Å². The number of fused-ring (bicyclic) bond motifs is 15. The maximum atomic E-state index is 7.25. The standard InChI is InChI=1S/C59H32N4O3/c1-2-15-35-32-49-46(31-34(35)14-1)37-17-5-8-24-47(37)63(49)48-30-29-43-42-28-27-33-13-3-4-16-36(33)53(42)66-56(43)52(48)59-61-57(44-22-11-20-40-38-18-6-9-25-50(38)64-54(40)44)60-58(62-59)45-23-12-21-41-39-19-7-10-26-51(39)65-55(41)45/h1-32H. The molecule has 0 bridgehead atoms. The summed E-state index contributed by atoms with van der Waals surface area (Å²) >= 11 is 0. The minimum atomic E-state index is 0.451. The number of para-hydroxylation sites is 5. The lowest BCUT2D eigenvalue weighted by Gasteiger charge is -2.15. The summed E-state index contributed by atoms with van der Waals surface area (Å²) in [6, 6.07) is 67.4. The number of benzene rings is 10. The smallest absolute Gasteiger partial charge is 0.170 e. The van der Waals surface area contributed by atoms with E-state index in [-0.39, 0.29) is 0 Å². The molecule has 10 aromatic carbocycles. The molecule has 0 saturated carbocycles. The first kappa shape index (κ1) is 35.4. The van der Waals surface area contributed by atoms with E-state index in [1.807, 2.05) is 60.7 Å². The van der Waals surface area contributed by atoms with Gasteiger partial charge in [-0.15, -0.1) is 0 Å². The largest absolute Gasteiger partial charge is 0.455 e. The number of hydrogen-bond acceptors (Lipinski definition) is 6. The molecule has 0 radical (unpaired) electrons. The first-order valence-corrected chi connectivity index (χ1v) is 22.1. The van der Waals surface area contributed by atoms with Gasteiger partial charge in [0.15, 0.2) is 17.5 Å². The van der Waals surface area contributed by atoms with Crippen LogP contribution in [0.1, 0.15) is 0 Å². The Morgan fingerprint density at radius 1 is 0.303 bits per heavy atom. The van der Waals surface area contributed by atoms with Crippen LogP contribution in [0.4, 0.5) is 0 Å². The molecular weight excluding hydrogens is 813 g/mol. The lowest BCUT2D eigenvalue weighted by atomic mass is 10.0. The second-order valence-electron chi connectivity index (χ2n) is 17.0. The second kappa shape index (κ2) is 13.2. The van der Waals surface area contributed by atoms with Crippen LogP contribution in [0.2, 0.25) is 0 Å². The molecule has 0 fully saturated rings. The van der Waals surface area contributed by atoms with Gasteiger partial charge in [0.2, 0.25) is 0 Å². The van der Waals surface area contributed by atoms with Crippen LogP contribution in [-0.2, 0) is 0 Å². The van der Waals surface area contributed by atoms with Crippen molar-refractivity contribution in [3.8, 4) is 39.9 Å². The van der Waals surface area contributed by atoms with Gasteiger partial charge in [-0.2, -0.15) is 0 Å². The Balaban J connectivity index is 1.11. The zero-order valence-corrected chi connectivity index (χ0v) is 35.0. The summed E-state index contributed by atoms with van der Waals surface area (Å²) in [5.41, 5.74) is 9.70. The van der Waals surface area contributed by atoms with E-state index in [0.29, 0.717) is 34.2 Å². The fourth-order valence-electron chi connectivity index (χ4n) is 10.4. The quantitative estimate of drug-likeness (QED) is 0.175. The lowest BCUT2D eigenvalue weighted by molar-refractivity contribution is 0.669. The van der Waals surface area contributed by atoms with Crippen molar-refractivity contribution < 1.29 is 13.3 Å². The van der Waals surface area contributed by atoms with Gasteiger partial charge >= 0.3 is 0 Å². The lowest BCUT2D eigenvalue weighted by Crippen LogP contribution is -2.04. The van der Waals surface area contributed by atoms with E-state index in [1.165, 1.54) is 5.39 Å². The van der Waals surface area contributed by atoms with E-state index in [0.717, 1.165) is 109 Å². The number of aromatic nitrogens is 4. The number of hydrogen-bond donors (Lipinski definition) is 0. The number of rotatable bonds is 4. The van der Waals surface area contributed by atoms with Gasteiger partial charge in [0.25, 0.3) is 0 Å². The first-order chi connectivity index (χ1) is 32.7. The van der Waals surface area contributed by atoms with Crippen LogP contribution < -0.4 is 0 Å². The molecule has 0 spiro atoms. The average molecular weight is 845 g/mol. The van der Waals surface area contributed by atoms with Crippen LogP contribution in [0.15, 0.2) is 207 Å². The summed E-state index contributed by atoms with van der Waals surface area (Å²) < 4.78 is 22.9. The summed E-state index contributed by atoms with van der Waals surface area (Å²) in [6.45, 7) is 0. The Morgan fingerprint density at radius 2 is 0.818 bits per heavy atom. The van der Waals surface area contributed by atoms with E-state index in [9.17, 15) is 0 Å². The van der Waals surface area contributed by atoms with Crippen LogP contribution in [0.3, 0.4) is 0 Å². The molecule has 15 aromatic rings. The molecule has 0 aliphatic heterocycles. The second-order valence-corrected chi connectivity index (χ2v) is 17.0. The molecule has 0 N–H and O–H groups in total. The van der Waals surface area contributed by atoms with E-state index in [2.05, 4.69) is 138 Å². The van der Waals surface area contributed by atoms with Crippen molar-refractivity contribution in [2.45, 2.75) is 0 Å². The van der Waals surface area contributed by atoms with Crippen molar-refractivity contribution in [2.24, 2.45) is 0 Å². The zero-order chi connectivity index (χ0) is 43.0. The van der Waals surface area contributed by atoms with Crippen molar-refractivity contribution in [1.29, 1.82) is 0 Å². The minimum Gasteiger partial charge on any atom is -0.455 e. The van der Waals surface area contributed by atoms with Gasteiger partial charge in [0.1, 0.15) is 33.5 Å². The molecule has 0 aliphatic rings. The van der Waals surface area contributed by atoms with Gasteiger partial charge in [-0.05, 0) is 76.8 Å². The van der Waals surface area contributed by atoms with E-state index < -0.39 is 0 Å². The molecule has 0 saturated heterocycles. The molecule has 0 atom stereocenters. The highest BCUT2D eigenvalue weighted by Gasteiger charge is 2.27. The third-order valence-electron chi connectivity index (χ3n) is 13.4. The van der Waals surface area contributed by atoms with Crippen LogP contribution in [-0.4, -0.2) is 19.5 Å². The Hall–Kier alpha value is -9.07. The maximum absolute atomic E-state index is 7.25. The third kappa shape index (κ3) is 4.93. The maximum Gasteiger partial charge on any atom is 0.170 e. The first-order valence-electron chi connectivity index (χ1n) is 22.1. The highest BCUT2D eigenvalue weighted by atomic mass is 16.3. The third-order valence-corrected chi connectivity index (χ3v) is 13.4. The van der Waals surface area contributed by atoms with Crippen LogP contribution in [0.25, 0.3) is 149 Å². The van der Waals surface area contributed by atoms with Crippen molar-refractivity contribution >= 4 is 109 Å². The van der Waals surface area contributed by atoms with E-state index in [1.54, 1.807) is 0 Å². The summed E-state index contributed by atoms with van der Waals surface area (Å²) in [5.74, 6) is 1.38. The Bertz CT molecular complexity index is 4420. The van der Waals surface area contributed by atoms with Crippen LogP contribution in [0.5, 0.6) is 0 Å². The SMILES string of the molecule is c1ccc2cc3c(cc2c1)c1ccccc1n3-c1ccc2c(oc3c4ccccc4ccc23)c1-c1nc(-c2cccc3c2oc2ccccc23)nc(-c2cccc3c2oc2ccccc23)n1. The predicted octanol–water partition coefficient (Wildman–Crippen LogP) is 16.0. The highest BCUT2D eigenvalue weighted by Crippen LogP contribution is 2.45. The van der Waals surface area contributed by atoms with Gasteiger partial charge in [0, 0.05) is 48.5 Å². The monoisotopic (exact) mass is 844 g/mol.